The molecule has 3 heterocycles. The van der Waals surface area contributed by atoms with Crippen LogP contribution in [0.5, 0.6) is 11.5 Å². The van der Waals surface area contributed by atoms with Crippen LogP contribution in [0.3, 0.4) is 0 Å². The first-order chi connectivity index (χ1) is 16.2. The average molecular weight is 492 g/mol. The highest BCUT2D eigenvalue weighted by atomic mass is 32.2. The van der Waals surface area contributed by atoms with E-state index in [9.17, 15) is 22.8 Å². The molecule has 2 atom stereocenters. The summed E-state index contributed by atoms with van der Waals surface area (Å²) in [6, 6.07) is 3.95. The van der Waals surface area contributed by atoms with Gasteiger partial charge in [-0.2, -0.15) is 0 Å². The number of benzene rings is 1. The molecule has 0 radical (unpaired) electrons. The van der Waals surface area contributed by atoms with E-state index >= 15 is 0 Å². The number of sulfone groups is 1. The van der Waals surface area contributed by atoms with Gasteiger partial charge in [-0.25, -0.2) is 13.2 Å². The minimum absolute atomic E-state index is 0.0550. The van der Waals surface area contributed by atoms with Crippen molar-refractivity contribution < 1.29 is 32.3 Å². The van der Waals surface area contributed by atoms with Crippen LogP contribution in [0.1, 0.15) is 44.6 Å². The molecule has 1 saturated carbocycles. The predicted octanol–water partition coefficient (Wildman–Crippen LogP) is 1.18. The van der Waals surface area contributed by atoms with E-state index in [0.717, 1.165) is 30.6 Å². The molecule has 4 aliphatic rings. The van der Waals surface area contributed by atoms with Crippen molar-refractivity contribution in [1.82, 2.24) is 15.1 Å². The molecule has 11 heteroatoms. The second-order valence-electron chi connectivity index (χ2n) is 9.60. The van der Waals surface area contributed by atoms with E-state index < -0.39 is 39.9 Å². The number of nitrogens with zero attached hydrogens (tertiary/aromatic N) is 2. The molecule has 0 aromatic heterocycles. The van der Waals surface area contributed by atoms with Crippen molar-refractivity contribution in [2.24, 2.45) is 0 Å². The van der Waals surface area contributed by atoms with Crippen LogP contribution in [0, 0.1) is 0 Å². The largest absolute Gasteiger partial charge is 0.486 e. The highest BCUT2D eigenvalue weighted by Gasteiger charge is 2.51. The zero-order chi connectivity index (χ0) is 24.1. The van der Waals surface area contributed by atoms with Crippen molar-refractivity contribution in [1.29, 1.82) is 0 Å². The first kappa shape index (κ1) is 22.9. The first-order valence-electron chi connectivity index (χ1n) is 11.7. The third-order valence-electron chi connectivity index (χ3n) is 7.30. The summed E-state index contributed by atoms with van der Waals surface area (Å²) in [7, 11) is -3.19. The molecular formula is C23H29N3O7S. The number of ether oxygens (including phenoxy) is 2. The number of hydrogen-bond donors (Lipinski definition) is 1. The summed E-state index contributed by atoms with van der Waals surface area (Å²) in [5, 5.41) is 2.72. The normalized spacial score (nSPS) is 28.3. The third-order valence-corrected chi connectivity index (χ3v) is 9.05. The van der Waals surface area contributed by atoms with Crippen LogP contribution in [0.15, 0.2) is 18.2 Å². The van der Waals surface area contributed by atoms with Crippen molar-refractivity contribution in [2.75, 3.05) is 31.3 Å². The number of imide groups is 1. The molecule has 5 rings (SSSR count). The number of urea groups is 1. The number of carbonyl (C=O) groups is 3. The Morgan fingerprint density at radius 2 is 1.82 bits per heavy atom. The Morgan fingerprint density at radius 1 is 1.12 bits per heavy atom. The molecular weight excluding hydrogens is 462 g/mol. The highest BCUT2D eigenvalue weighted by molar-refractivity contribution is 7.91. The fourth-order valence-corrected chi connectivity index (χ4v) is 7.20. The van der Waals surface area contributed by atoms with Gasteiger partial charge in [0.2, 0.25) is 5.91 Å². The highest BCUT2D eigenvalue weighted by Crippen LogP contribution is 2.37. The number of rotatable bonds is 5. The Hall–Kier alpha value is -2.82. The number of amides is 4. The van der Waals surface area contributed by atoms with Crippen LogP contribution >= 0.6 is 0 Å². The van der Waals surface area contributed by atoms with E-state index in [1.165, 1.54) is 0 Å². The van der Waals surface area contributed by atoms with E-state index in [0.29, 0.717) is 36.7 Å². The molecule has 34 heavy (non-hydrogen) atoms. The van der Waals surface area contributed by atoms with Crippen LogP contribution in [0.4, 0.5) is 4.79 Å². The van der Waals surface area contributed by atoms with Crippen molar-refractivity contribution in [3.8, 4) is 11.5 Å². The molecule has 3 aliphatic heterocycles. The van der Waals surface area contributed by atoms with Gasteiger partial charge in [0, 0.05) is 12.1 Å². The topological polar surface area (TPSA) is 122 Å². The minimum Gasteiger partial charge on any atom is -0.486 e. The maximum atomic E-state index is 13.4. The summed E-state index contributed by atoms with van der Waals surface area (Å²) in [5.74, 6) is 0.137. The third kappa shape index (κ3) is 3.99. The summed E-state index contributed by atoms with van der Waals surface area (Å²) >= 11 is 0. The molecule has 184 valence electrons. The maximum absolute atomic E-state index is 13.4. The quantitative estimate of drug-likeness (QED) is 0.614. The number of hydrogen-bond acceptors (Lipinski definition) is 7. The fourth-order valence-electron chi connectivity index (χ4n) is 5.49. The SMILES string of the molecule is C[C@@]1(c2ccc3c(c2)OCCO3)NC(=O)N(CC(=O)N(C2CCCC2)[C@H]2CCS(=O)(=O)C2)C1=O. The van der Waals surface area contributed by atoms with E-state index in [1.807, 2.05) is 0 Å². The van der Waals surface area contributed by atoms with Gasteiger partial charge in [-0.05, 0) is 43.9 Å². The van der Waals surface area contributed by atoms with Gasteiger partial charge in [0.15, 0.2) is 21.3 Å². The molecule has 10 nitrogen and oxygen atoms in total. The Bertz CT molecular complexity index is 1130. The molecule has 1 aromatic carbocycles. The standard InChI is InChI=1S/C23H29N3O7S/c1-23(15-6-7-18-19(12-15)33-10-9-32-18)21(28)25(22(29)24-23)13-20(27)26(16-4-2-3-5-16)17-8-11-34(30,31)14-17/h6-7,12,16-17H,2-5,8-11,13-14H2,1H3,(H,24,29)/t17-,23-/m0/s1. The Labute approximate surface area is 198 Å². The lowest BCUT2D eigenvalue weighted by atomic mass is 9.91. The van der Waals surface area contributed by atoms with Gasteiger partial charge >= 0.3 is 6.03 Å². The molecule has 1 N–H and O–H groups in total. The summed E-state index contributed by atoms with van der Waals surface area (Å²) in [4.78, 5) is 42.3. The second-order valence-corrected chi connectivity index (χ2v) is 11.8. The maximum Gasteiger partial charge on any atom is 0.325 e. The van der Waals surface area contributed by atoms with Crippen LogP contribution in [0.2, 0.25) is 0 Å². The summed E-state index contributed by atoms with van der Waals surface area (Å²) in [6.07, 6.45) is 3.94. The first-order valence-corrected chi connectivity index (χ1v) is 13.6. The molecule has 0 spiro atoms. The van der Waals surface area contributed by atoms with Crippen molar-refractivity contribution >= 4 is 27.7 Å². The smallest absolute Gasteiger partial charge is 0.325 e. The van der Waals surface area contributed by atoms with Crippen LogP contribution < -0.4 is 14.8 Å². The van der Waals surface area contributed by atoms with Gasteiger partial charge in [0.05, 0.1) is 11.5 Å². The Balaban J connectivity index is 1.37. The lowest BCUT2D eigenvalue weighted by molar-refractivity contribution is -0.141. The number of carbonyl (C=O) groups excluding carboxylic acids is 3. The molecule has 2 saturated heterocycles. The lowest BCUT2D eigenvalue weighted by Crippen LogP contribution is -2.51. The minimum atomic E-state index is -3.19. The van der Waals surface area contributed by atoms with Gasteiger partial charge in [-0.15, -0.1) is 0 Å². The second kappa shape index (κ2) is 8.44. The van der Waals surface area contributed by atoms with Crippen molar-refractivity contribution in [2.45, 2.75) is 56.7 Å². The Morgan fingerprint density at radius 3 is 2.50 bits per heavy atom. The monoisotopic (exact) mass is 491 g/mol. The van der Waals surface area contributed by atoms with E-state index in [2.05, 4.69) is 5.32 Å². The molecule has 0 bridgehead atoms. The number of nitrogens with one attached hydrogen (secondary N) is 1. The summed E-state index contributed by atoms with van der Waals surface area (Å²) in [6.45, 7) is 2.01. The fraction of sp³-hybridized carbons (Fsp3) is 0.609. The van der Waals surface area contributed by atoms with Gasteiger partial charge in [-0.3, -0.25) is 14.5 Å². The molecule has 0 unspecified atom stereocenters. The van der Waals surface area contributed by atoms with Gasteiger partial charge in [0.1, 0.15) is 25.3 Å². The lowest BCUT2D eigenvalue weighted by Gasteiger charge is -2.35. The summed E-state index contributed by atoms with van der Waals surface area (Å²) in [5.41, 5.74) is -0.832. The van der Waals surface area contributed by atoms with Crippen molar-refractivity contribution in [3.05, 3.63) is 23.8 Å². The molecule has 3 fully saturated rings. The van der Waals surface area contributed by atoms with E-state index in [-0.39, 0.29) is 23.5 Å². The van der Waals surface area contributed by atoms with Crippen molar-refractivity contribution in [3.63, 3.8) is 0 Å². The average Bonchev–Trinajstić information content (AvgIpc) is 3.50. The zero-order valence-corrected chi connectivity index (χ0v) is 19.9. The van der Waals surface area contributed by atoms with Gasteiger partial charge < -0.3 is 19.7 Å². The zero-order valence-electron chi connectivity index (χ0n) is 19.1. The van der Waals surface area contributed by atoms with Gasteiger partial charge in [0.25, 0.3) is 5.91 Å². The molecule has 1 aliphatic carbocycles. The summed E-state index contributed by atoms with van der Waals surface area (Å²) < 4.78 is 35.3. The predicted molar refractivity (Wildman–Crippen MR) is 121 cm³/mol. The van der Waals surface area contributed by atoms with Crippen LogP contribution in [-0.2, 0) is 25.0 Å². The number of fused-ring (bicyclic) bond motifs is 1. The van der Waals surface area contributed by atoms with Crippen LogP contribution in [-0.4, -0.2) is 79.4 Å². The van der Waals surface area contributed by atoms with Crippen LogP contribution in [0.25, 0.3) is 0 Å². The molecule has 1 aromatic rings. The van der Waals surface area contributed by atoms with E-state index in [4.69, 9.17) is 9.47 Å². The van der Waals surface area contributed by atoms with E-state index in [1.54, 1.807) is 30.0 Å². The molecule has 4 amide bonds. The van der Waals surface area contributed by atoms with Gasteiger partial charge in [-0.1, -0.05) is 18.9 Å². The Kier molecular flexibility index (Phi) is 5.70.